The Hall–Kier alpha value is -1.81. The molecule has 0 aliphatic carbocycles. The van der Waals surface area contributed by atoms with Crippen molar-refractivity contribution in [1.82, 2.24) is 4.90 Å². The highest BCUT2D eigenvalue weighted by Gasteiger charge is 2.24. The minimum absolute atomic E-state index is 0.220. The zero-order valence-corrected chi connectivity index (χ0v) is 13.6. The number of hydrogen-bond donors (Lipinski definition) is 0. The zero-order chi connectivity index (χ0) is 15.4. The van der Waals surface area contributed by atoms with Gasteiger partial charge in [0.15, 0.2) is 0 Å². The number of nitrogens with zero attached hydrogens (tertiary/aromatic N) is 1. The highest BCUT2D eigenvalue weighted by Crippen LogP contribution is 2.31. The van der Waals surface area contributed by atoms with Crippen LogP contribution < -0.4 is 4.74 Å². The van der Waals surface area contributed by atoms with Crippen LogP contribution in [0.25, 0.3) is 0 Å². The highest BCUT2D eigenvalue weighted by molar-refractivity contribution is 7.10. The topological polar surface area (TPSA) is 29.5 Å². The van der Waals surface area contributed by atoms with Crippen LogP contribution in [0.2, 0.25) is 0 Å². The molecule has 116 valence electrons. The van der Waals surface area contributed by atoms with Crippen LogP contribution in [0, 0.1) is 0 Å². The van der Waals surface area contributed by atoms with E-state index in [1.54, 1.807) is 7.11 Å². The third kappa shape index (κ3) is 3.50. The molecule has 22 heavy (non-hydrogen) atoms. The van der Waals surface area contributed by atoms with Crippen molar-refractivity contribution in [2.45, 2.75) is 25.2 Å². The molecular weight excluding hydrogens is 294 g/mol. The van der Waals surface area contributed by atoms with E-state index in [0.717, 1.165) is 37.2 Å². The lowest BCUT2D eigenvalue weighted by molar-refractivity contribution is -0.131. The minimum Gasteiger partial charge on any atom is -0.497 e. The largest absolute Gasteiger partial charge is 0.497 e. The first-order valence-electron chi connectivity index (χ1n) is 7.70. The fraction of sp³-hybridized carbons (Fsp3) is 0.389. The molecule has 0 unspecified atom stereocenters. The van der Waals surface area contributed by atoms with Gasteiger partial charge in [0.1, 0.15) is 5.75 Å². The van der Waals surface area contributed by atoms with E-state index >= 15 is 0 Å². The second-order valence-electron chi connectivity index (χ2n) is 5.70. The summed E-state index contributed by atoms with van der Waals surface area (Å²) in [4.78, 5) is 15.9. The zero-order valence-electron chi connectivity index (χ0n) is 12.8. The Balaban J connectivity index is 1.55. The number of piperidine rings is 1. The molecule has 0 atom stereocenters. The van der Waals surface area contributed by atoms with Crippen LogP contribution >= 0.6 is 11.3 Å². The number of methoxy groups -OCH3 is 1. The quantitative estimate of drug-likeness (QED) is 0.861. The third-order valence-corrected chi connectivity index (χ3v) is 5.32. The molecule has 1 aliphatic heterocycles. The van der Waals surface area contributed by atoms with Crippen LogP contribution in [0.1, 0.15) is 29.2 Å². The predicted octanol–water partition coefficient (Wildman–Crippen LogP) is 3.71. The second kappa shape index (κ2) is 6.97. The van der Waals surface area contributed by atoms with E-state index in [2.05, 4.69) is 17.5 Å². The number of benzene rings is 1. The second-order valence-corrected chi connectivity index (χ2v) is 6.68. The fourth-order valence-electron chi connectivity index (χ4n) is 3.01. The van der Waals surface area contributed by atoms with Crippen molar-refractivity contribution in [1.29, 1.82) is 0 Å². The lowest BCUT2D eigenvalue weighted by atomic mass is 9.95. The van der Waals surface area contributed by atoms with Gasteiger partial charge in [-0.05, 0) is 47.9 Å². The fourth-order valence-corrected chi connectivity index (χ4v) is 3.91. The highest BCUT2D eigenvalue weighted by atomic mass is 32.1. The molecule has 1 fully saturated rings. The van der Waals surface area contributed by atoms with Gasteiger partial charge in [0.05, 0.1) is 13.5 Å². The Bertz CT molecular complexity index is 616. The Kier molecular flexibility index (Phi) is 4.78. The van der Waals surface area contributed by atoms with Crippen LogP contribution in [-0.2, 0) is 11.2 Å². The lowest BCUT2D eigenvalue weighted by Gasteiger charge is -2.31. The van der Waals surface area contributed by atoms with E-state index in [-0.39, 0.29) is 5.91 Å². The normalized spacial score (nSPS) is 15.8. The molecule has 1 aromatic heterocycles. The molecule has 0 N–H and O–H groups in total. The molecule has 1 saturated heterocycles. The van der Waals surface area contributed by atoms with Gasteiger partial charge >= 0.3 is 0 Å². The van der Waals surface area contributed by atoms with Crippen molar-refractivity contribution in [3.8, 4) is 5.75 Å². The molecule has 3 nitrogen and oxygen atoms in total. The number of thiophene rings is 1. The smallest absolute Gasteiger partial charge is 0.226 e. The molecule has 4 heteroatoms. The number of carbonyl (C=O) groups excluding carboxylic acids is 1. The van der Waals surface area contributed by atoms with Crippen LogP contribution in [0.4, 0.5) is 0 Å². The van der Waals surface area contributed by atoms with Crippen molar-refractivity contribution in [2.24, 2.45) is 0 Å². The van der Waals surface area contributed by atoms with E-state index in [4.69, 9.17) is 4.74 Å². The summed E-state index contributed by atoms with van der Waals surface area (Å²) in [7, 11) is 1.65. The van der Waals surface area contributed by atoms with Gasteiger partial charge in [0, 0.05) is 18.0 Å². The summed E-state index contributed by atoms with van der Waals surface area (Å²) in [6.45, 7) is 1.73. The van der Waals surface area contributed by atoms with Gasteiger partial charge in [0.25, 0.3) is 0 Å². The SMILES string of the molecule is COc1cccc(CC(=O)N2CCC(c3cccs3)CC2)c1. The number of hydrogen-bond acceptors (Lipinski definition) is 3. The number of likely N-dealkylation sites (tertiary alicyclic amines) is 1. The minimum atomic E-state index is 0.220. The molecule has 0 saturated carbocycles. The predicted molar refractivity (Wildman–Crippen MR) is 89.6 cm³/mol. The first-order chi connectivity index (χ1) is 10.8. The third-order valence-electron chi connectivity index (χ3n) is 4.28. The summed E-state index contributed by atoms with van der Waals surface area (Å²) in [6.07, 6.45) is 2.61. The Labute approximate surface area is 135 Å². The van der Waals surface area contributed by atoms with Gasteiger partial charge in [-0.2, -0.15) is 0 Å². The van der Waals surface area contributed by atoms with Gasteiger partial charge in [-0.3, -0.25) is 4.79 Å². The Morgan fingerprint density at radius 3 is 2.77 bits per heavy atom. The van der Waals surface area contributed by atoms with Crippen molar-refractivity contribution in [3.63, 3.8) is 0 Å². The maximum atomic E-state index is 12.4. The van der Waals surface area contributed by atoms with Gasteiger partial charge in [-0.25, -0.2) is 0 Å². The number of amides is 1. The molecule has 0 bridgehead atoms. The summed E-state index contributed by atoms with van der Waals surface area (Å²) in [5.41, 5.74) is 1.02. The van der Waals surface area contributed by atoms with E-state index in [9.17, 15) is 4.79 Å². The molecule has 0 spiro atoms. The van der Waals surface area contributed by atoms with E-state index in [1.807, 2.05) is 40.5 Å². The van der Waals surface area contributed by atoms with Crippen molar-refractivity contribution >= 4 is 17.2 Å². The number of ether oxygens (including phenoxy) is 1. The van der Waals surface area contributed by atoms with Gasteiger partial charge in [-0.15, -0.1) is 11.3 Å². The molecule has 2 heterocycles. The van der Waals surface area contributed by atoms with E-state index < -0.39 is 0 Å². The Morgan fingerprint density at radius 2 is 2.09 bits per heavy atom. The molecule has 3 rings (SSSR count). The van der Waals surface area contributed by atoms with Gasteiger partial charge in [0.2, 0.25) is 5.91 Å². The first-order valence-corrected chi connectivity index (χ1v) is 8.58. The van der Waals surface area contributed by atoms with Crippen molar-refractivity contribution < 1.29 is 9.53 Å². The maximum Gasteiger partial charge on any atom is 0.226 e. The van der Waals surface area contributed by atoms with Crippen LogP contribution in [0.3, 0.4) is 0 Å². The summed E-state index contributed by atoms with van der Waals surface area (Å²) in [5.74, 6) is 1.65. The van der Waals surface area contributed by atoms with Crippen molar-refractivity contribution in [3.05, 3.63) is 52.2 Å². The maximum absolute atomic E-state index is 12.4. The molecule has 2 aromatic rings. The van der Waals surface area contributed by atoms with Gasteiger partial charge < -0.3 is 9.64 Å². The van der Waals surface area contributed by atoms with Gasteiger partial charge in [-0.1, -0.05) is 18.2 Å². The standard InChI is InChI=1S/C18H21NO2S/c1-21-16-5-2-4-14(12-16)13-18(20)19-9-7-15(8-10-19)17-6-3-11-22-17/h2-6,11-12,15H,7-10,13H2,1H3. The molecular formula is C18H21NO2S. The molecule has 1 aliphatic rings. The summed E-state index contributed by atoms with van der Waals surface area (Å²) in [6, 6.07) is 12.1. The van der Waals surface area contributed by atoms with Crippen LogP contribution in [0.5, 0.6) is 5.75 Å². The number of carbonyl (C=O) groups is 1. The summed E-state index contributed by atoms with van der Waals surface area (Å²) in [5, 5.41) is 2.13. The monoisotopic (exact) mass is 315 g/mol. The first kappa shape index (κ1) is 15.1. The van der Waals surface area contributed by atoms with Crippen LogP contribution in [-0.4, -0.2) is 31.0 Å². The van der Waals surface area contributed by atoms with E-state index in [0.29, 0.717) is 12.3 Å². The number of rotatable bonds is 4. The average molecular weight is 315 g/mol. The van der Waals surface area contributed by atoms with Crippen LogP contribution in [0.15, 0.2) is 41.8 Å². The average Bonchev–Trinajstić information content (AvgIpc) is 3.09. The summed E-state index contributed by atoms with van der Waals surface area (Å²) < 4.78 is 5.21. The van der Waals surface area contributed by atoms with Crippen molar-refractivity contribution in [2.75, 3.05) is 20.2 Å². The summed E-state index contributed by atoms with van der Waals surface area (Å²) >= 11 is 1.83. The molecule has 1 amide bonds. The van der Waals surface area contributed by atoms with E-state index in [1.165, 1.54) is 4.88 Å². The molecule has 0 radical (unpaired) electrons. The Morgan fingerprint density at radius 1 is 1.27 bits per heavy atom. The molecule has 1 aromatic carbocycles. The lowest BCUT2D eigenvalue weighted by Crippen LogP contribution is -2.38.